The molecule has 0 radical (unpaired) electrons. The third-order valence-electron chi connectivity index (χ3n) is 6.45. The molecular formula is C25H29N7O4. The lowest BCUT2D eigenvalue weighted by atomic mass is 9.88. The molecule has 11 heteroatoms. The van der Waals surface area contributed by atoms with Crippen molar-refractivity contribution < 1.29 is 19.7 Å². The molecule has 5 rings (SSSR count). The molecule has 0 saturated carbocycles. The van der Waals surface area contributed by atoms with E-state index in [2.05, 4.69) is 44.2 Å². The summed E-state index contributed by atoms with van der Waals surface area (Å²) in [5.74, 6) is 2.51. The number of hydrogen-bond donors (Lipinski definition) is 3. The smallest absolute Gasteiger partial charge is 0.257 e. The number of nitrogens with zero attached hydrogens (tertiary/aromatic N) is 6. The van der Waals surface area contributed by atoms with Gasteiger partial charge in [-0.25, -0.2) is 24.6 Å². The number of aliphatic hydroxyl groups is 2. The second-order valence-electron chi connectivity index (χ2n) is 8.97. The number of pyridine rings is 2. The van der Waals surface area contributed by atoms with Gasteiger partial charge in [0.05, 0.1) is 31.1 Å². The molecule has 36 heavy (non-hydrogen) atoms. The Morgan fingerprint density at radius 3 is 2.81 bits per heavy atom. The monoisotopic (exact) mass is 491 g/mol. The summed E-state index contributed by atoms with van der Waals surface area (Å²) < 4.78 is 13.1. The van der Waals surface area contributed by atoms with E-state index in [0.717, 1.165) is 33.8 Å². The Bertz CT molecular complexity index is 1350. The molecular weight excluding hydrogens is 462 g/mol. The van der Waals surface area contributed by atoms with Crippen molar-refractivity contribution >= 4 is 16.9 Å². The standard InChI is InChI=1S/C25H29N7O4/c1-15(16(2)20-3-4-26-25-23(20)35-5-6-36-25)9-27-22-8-21(29-14-30-22)17-7-18-11-31-32(12-19(34)13-33)24(18)28-10-17/h3-4,7-8,10-11,14-16,19,33-34H,5-6,9,12-13H2,1-2H3,(H,27,29,30)/t15-,16?,19-/m1/s1. The summed E-state index contributed by atoms with van der Waals surface area (Å²) in [4.78, 5) is 17.6. The molecule has 0 bridgehead atoms. The Labute approximate surface area is 208 Å². The van der Waals surface area contributed by atoms with E-state index in [1.165, 1.54) is 6.33 Å². The summed E-state index contributed by atoms with van der Waals surface area (Å²) in [7, 11) is 0. The lowest BCUT2D eigenvalue weighted by Gasteiger charge is -2.26. The fourth-order valence-corrected chi connectivity index (χ4v) is 4.20. The van der Waals surface area contributed by atoms with Crippen molar-refractivity contribution in [3.8, 4) is 22.9 Å². The average Bonchev–Trinajstić information content (AvgIpc) is 3.32. The van der Waals surface area contributed by atoms with Crippen LogP contribution in [0.1, 0.15) is 25.3 Å². The summed E-state index contributed by atoms with van der Waals surface area (Å²) in [6.07, 6.45) is 5.81. The highest BCUT2D eigenvalue weighted by molar-refractivity contribution is 5.80. The number of aliphatic hydroxyl groups excluding tert-OH is 2. The van der Waals surface area contributed by atoms with Gasteiger partial charge >= 0.3 is 0 Å². The lowest BCUT2D eigenvalue weighted by Crippen LogP contribution is -2.21. The number of nitrogens with one attached hydrogen (secondary N) is 1. The number of aromatic nitrogens is 6. The molecule has 1 unspecified atom stereocenters. The quantitative estimate of drug-likeness (QED) is 0.319. The minimum absolute atomic E-state index is 0.173. The van der Waals surface area contributed by atoms with Crippen LogP contribution < -0.4 is 14.8 Å². The number of hydrogen-bond acceptors (Lipinski definition) is 10. The van der Waals surface area contributed by atoms with Crippen LogP contribution in [0.4, 0.5) is 5.82 Å². The van der Waals surface area contributed by atoms with Crippen LogP contribution in [-0.4, -0.2) is 72.4 Å². The Morgan fingerprint density at radius 1 is 1.08 bits per heavy atom. The molecule has 0 fully saturated rings. The molecule has 0 amide bonds. The first kappa shape index (κ1) is 23.9. The Balaban J connectivity index is 1.28. The molecule has 5 heterocycles. The third-order valence-corrected chi connectivity index (χ3v) is 6.45. The average molecular weight is 492 g/mol. The van der Waals surface area contributed by atoms with E-state index in [-0.39, 0.29) is 25.0 Å². The second kappa shape index (κ2) is 10.4. The van der Waals surface area contributed by atoms with Crippen LogP contribution in [0.3, 0.4) is 0 Å². The highest BCUT2D eigenvalue weighted by Crippen LogP contribution is 2.38. The molecule has 0 saturated heterocycles. The van der Waals surface area contributed by atoms with Crippen LogP contribution in [0.15, 0.2) is 43.1 Å². The summed E-state index contributed by atoms with van der Waals surface area (Å²) in [5, 5.41) is 27.3. The van der Waals surface area contributed by atoms with Gasteiger partial charge in [0.1, 0.15) is 25.4 Å². The summed E-state index contributed by atoms with van der Waals surface area (Å²) in [6, 6.07) is 5.83. The first-order valence-electron chi connectivity index (χ1n) is 11.9. The van der Waals surface area contributed by atoms with Gasteiger partial charge in [-0.05, 0) is 24.0 Å². The van der Waals surface area contributed by atoms with Gasteiger partial charge in [0.15, 0.2) is 11.4 Å². The third kappa shape index (κ3) is 4.93. The highest BCUT2D eigenvalue weighted by atomic mass is 16.6. The maximum Gasteiger partial charge on any atom is 0.257 e. The van der Waals surface area contributed by atoms with Crippen molar-refractivity contribution in [1.82, 2.24) is 29.7 Å². The van der Waals surface area contributed by atoms with Crippen molar-refractivity contribution in [3.05, 3.63) is 48.7 Å². The predicted octanol–water partition coefficient (Wildman–Crippen LogP) is 2.26. The highest BCUT2D eigenvalue weighted by Gasteiger charge is 2.24. The summed E-state index contributed by atoms with van der Waals surface area (Å²) in [5.41, 5.74) is 3.29. The molecule has 3 atom stereocenters. The van der Waals surface area contributed by atoms with Crippen LogP contribution >= 0.6 is 0 Å². The maximum atomic E-state index is 9.72. The molecule has 4 aromatic heterocycles. The van der Waals surface area contributed by atoms with Crippen molar-refractivity contribution in [2.45, 2.75) is 32.4 Å². The van der Waals surface area contributed by atoms with Crippen LogP contribution in [0, 0.1) is 5.92 Å². The van der Waals surface area contributed by atoms with Gasteiger partial charge in [-0.2, -0.15) is 5.10 Å². The van der Waals surface area contributed by atoms with Crippen molar-refractivity contribution in [3.63, 3.8) is 0 Å². The van der Waals surface area contributed by atoms with Gasteiger partial charge in [0.2, 0.25) is 0 Å². The number of rotatable bonds is 9. The molecule has 0 aromatic carbocycles. The predicted molar refractivity (Wildman–Crippen MR) is 133 cm³/mol. The van der Waals surface area contributed by atoms with Crippen molar-refractivity contribution in [1.29, 1.82) is 0 Å². The normalized spacial score (nSPS) is 15.4. The van der Waals surface area contributed by atoms with Crippen LogP contribution in [-0.2, 0) is 6.54 Å². The molecule has 4 aromatic rings. The Hall–Kier alpha value is -3.83. The lowest BCUT2D eigenvalue weighted by molar-refractivity contribution is 0.0792. The first-order valence-corrected chi connectivity index (χ1v) is 11.9. The summed E-state index contributed by atoms with van der Waals surface area (Å²) in [6.45, 7) is 5.94. The minimum Gasteiger partial charge on any atom is -0.484 e. The van der Waals surface area contributed by atoms with Crippen molar-refractivity contribution in [2.24, 2.45) is 5.92 Å². The van der Waals surface area contributed by atoms with Gasteiger partial charge in [-0.15, -0.1) is 0 Å². The zero-order valence-corrected chi connectivity index (χ0v) is 20.2. The molecule has 0 spiro atoms. The van der Waals surface area contributed by atoms with Gasteiger partial charge in [-0.1, -0.05) is 13.8 Å². The largest absolute Gasteiger partial charge is 0.484 e. The van der Waals surface area contributed by atoms with Crippen LogP contribution in [0.5, 0.6) is 11.6 Å². The van der Waals surface area contributed by atoms with Crippen LogP contribution in [0.25, 0.3) is 22.3 Å². The SMILES string of the molecule is CC(c1ccnc2c1OCCO2)[C@H](C)CNc1cc(-c2cnc3c(cnn3C[C@@H](O)CO)c2)ncn1. The van der Waals surface area contributed by atoms with E-state index in [0.29, 0.717) is 31.3 Å². The van der Waals surface area contributed by atoms with E-state index < -0.39 is 6.10 Å². The number of anilines is 1. The van der Waals surface area contributed by atoms with E-state index in [1.807, 2.05) is 18.2 Å². The van der Waals surface area contributed by atoms with Crippen LogP contribution in [0.2, 0.25) is 0 Å². The number of fused-ring (bicyclic) bond motifs is 2. The first-order chi connectivity index (χ1) is 17.5. The molecule has 11 nitrogen and oxygen atoms in total. The van der Waals surface area contributed by atoms with Gasteiger partial charge < -0.3 is 25.0 Å². The fraction of sp³-hybridized carbons (Fsp3) is 0.400. The minimum atomic E-state index is -0.889. The second-order valence-corrected chi connectivity index (χ2v) is 8.97. The van der Waals surface area contributed by atoms with Gasteiger partial charge in [0.25, 0.3) is 5.88 Å². The van der Waals surface area contributed by atoms with E-state index in [9.17, 15) is 5.11 Å². The molecule has 1 aliphatic rings. The van der Waals surface area contributed by atoms with E-state index >= 15 is 0 Å². The number of ether oxygens (including phenoxy) is 2. The molecule has 3 N–H and O–H groups in total. The molecule has 0 aliphatic carbocycles. The maximum absolute atomic E-state index is 9.72. The zero-order valence-electron chi connectivity index (χ0n) is 20.2. The topological polar surface area (TPSA) is 140 Å². The van der Waals surface area contributed by atoms with E-state index in [4.69, 9.17) is 14.6 Å². The Morgan fingerprint density at radius 2 is 1.94 bits per heavy atom. The molecule has 188 valence electrons. The van der Waals surface area contributed by atoms with Gasteiger partial charge in [0, 0.05) is 41.5 Å². The Kier molecular flexibility index (Phi) is 6.92. The summed E-state index contributed by atoms with van der Waals surface area (Å²) >= 11 is 0. The fourth-order valence-electron chi connectivity index (χ4n) is 4.20. The molecule has 1 aliphatic heterocycles. The van der Waals surface area contributed by atoms with Crippen molar-refractivity contribution in [2.75, 3.05) is 31.7 Å². The zero-order chi connectivity index (χ0) is 25.1. The van der Waals surface area contributed by atoms with E-state index in [1.54, 1.807) is 23.3 Å². The van der Waals surface area contributed by atoms with Gasteiger partial charge in [-0.3, -0.25) is 0 Å².